The van der Waals surface area contributed by atoms with Crippen LogP contribution in [-0.2, 0) is 4.74 Å². The monoisotopic (exact) mass is 454 g/mol. The van der Waals surface area contributed by atoms with Crippen molar-refractivity contribution < 1.29 is 27.8 Å². The van der Waals surface area contributed by atoms with Crippen molar-refractivity contribution in [1.29, 1.82) is 0 Å². The molecule has 1 unspecified atom stereocenters. The van der Waals surface area contributed by atoms with E-state index in [0.29, 0.717) is 21.5 Å². The molecule has 148 valence electrons. The Labute approximate surface area is 168 Å². The van der Waals surface area contributed by atoms with Crippen LogP contribution in [0.15, 0.2) is 40.9 Å². The van der Waals surface area contributed by atoms with Crippen LogP contribution in [0.4, 0.5) is 8.78 Å². The lowest BCUT2D eigenvalue weighted by atomic mass is 10.2. The Hall–Kier alpha value is -2.68. The van der Waals surface area contributed by atoms with E-state index >= 15 is 0 Å². The molecule has 2 aromatic carbocycles. The fraction of sp³-hybridized carbons (Fsp3) is 0.263. The predicted molar refractivity (Wildman–Crippen MR) is 102 cm³/mol. The maximum atomic E-state index is 13.6. The number of fused-ring (bicyclic) bond motifs is 1. The van der Waals surface area contributed by atoms with Crippen LogP contribution in [0.25, 0.3) is 11.0 Å². The Morgan fingerprint density at radius 3 is 2.32 bits per heavy atom. The van der Waals surface area contributed by atoms with E-state index < -0.39 is 18.6 Å². The van der Waals surface area contributed by atoms with Crippen LogP contribution in [0.1, 0.15) is 35.8 Å². The van der Waals surface area contributed by atoms with Gasteiger partial charge in [-0.15, -0.1) is 0 Å². The van der Waals surface area contributed by atoms with Crippen LogP contribution in [0.5, 0.6) is 11.5 Å². The first kappa shape index (κ1) is 20.1. The van der Waals surface area contributed by atoms with Gasteiger partial charge in [0, 0.05) is 0 Å². The number of benzene rings is 2. The number of halogens is 3. The van der Waals surface area contributed by atoms with Crippen molar-refractivity contribution in [1.82, 2.24) is 9.55 Å². The molecular weight excluding hydrogens is 438 g/mol. The molecule has 0 radical (unpaired) electrons. The van der Waals surface area contributed by atoms with Crippen molar-refractivity contribution in [2.45, 2.75) is 19.6 Å². The zero-order valence-corrected chi connectivity index (χ0v) is 16.9. The van der Waals surface area contributed by atoms with Gasteiger partial charge in [0.2, 0.25) is 0 Å². The van der Waals surface area contributed by atoms with Crippen molar-refractivity contribution in [2.24, 2.45) is 0 Å². The average molecular weight is 455 g/mol. The highest BCUT2D eigenvalue weighted by molar-refractivity contribution is 9.10. The van der Waals surface area contributed by atoms with Crippen LogP contribution in [-0.4, -0.2) is 29.7 Å². The molecule has 0 spiro atoms. The van der Waals surface area contributed by atoms with Gasteiger partial charge >= 0.3 is 12.5 Å². The third-order valence-electron chi connectivity index (χ3n) is 4.15. The first-order valence-corrected chi connectivity index (χ1v) is 9.04. The fourth-order valence-corrected chi connectivity index (χ4v) is 3.38. The summed E-state index contributed by atoms with van der Waals surface area (Å²) in [6, 6.07) is 9.44. The molecule has 28 heavy (non-hydrogen) atoms. The Balaban J connectivity index is 1.93. The highest BCUT2D eigenvalue weighted by atomic mass is 79.9. The van der Waals surface area contributed by atoms with Crippen LogP contribution < -0.4 is 9.47 Å². The van der Waals surface area contributed by atoms with Gasteiger partial charge in [0.1, 0.15) is 16.0 Å². The lowest BCUT2D eigenvalue weighted by molar-refractivity contribution is 0.0232. The summed E-state index contributed by atoms with van der Waals surface area (Å²) in [5.74, 6) is -0.0115. The highest BCUT2D eigenvalue weighted by Crippen LogP contribution is 2.36. The quantitative estimate of drug-likeness (QED) is 0.483. The molecule has 6 nitrogen and oxygen atoms in total. The number of para-hydroxylation sites is 2. The van der Waals surface area contributed by atoms with E-state index in [4.69, 9.17) is 14.2 Å². The predicted octanol–water partition coefficient (Wildman–Crippen LogP) is 5.13. The summed E-state index contributed by atoms with van der Waals surface area (Å²) in [6.07, 6.45) is -1.01. The summed E-state index contributed by atoms with van der Waals surface area (Å²) in [5.41, 5.74) is 0.818. The number of ether oxygens (including phenoxy) is 3. The third-order valence-corrected chi connectivity index (χ3v) is 4.93. The second-order valence-corrected chi connectivity index (χ2v) is 6.64. The maximum Gasteiger partial charge on any atom is 0.339 e. The number of hydrogen-bond acceptors (Lipinski definition) is 5. The van der Waals surface area contributed by atoms with Gasteiger partial charge < -0.3 is 14.2 Å². The van der Waals surface area contributed by atoms with E-state index in [1.54, 1.807) is 18.2 Å². The molecule has 1 heterocycles. The number of imidazole rings is 1. The van der Waals surface area contributed by atoms with E-state index in [-0.39, 0.29) is 16.9 Å². The van der Waals surface area contributed by atoms with E-state index in [2.05, 4.69) is 20.9 Å². The van der Waals surface area contributed by atoms with Gasteiger partial charge in [-0.1, -0.05) is 12.1 Å². The van der Waals surface area contributed by atoms with Crippen molar-refractivity contribution >= 4 is 32.9 Å². The van der Waals surface area contributed by atoms with Crippen LogP contribution in [0.2, 0.25) is 0 Å². The SMILES string of the molecule is COc1cc(C(=O)OC(C)c2nc3ccccc3n2C(F)F)cc(OC)c1Br. The summed E-state index contributed by atoms with van der Waals surface area (Å²) in [6.45, 7) is -1.33. The van der Waals surface area contributed by atoms with Gasteiger partial charge in [-0.3, -0.25) is 4.57 Å². The molecule has 1 aromatic heterocycles. The molecule has 0 saturated carbocycles. The third kappa shape index (κ3) is 3.66. The first-order valence-electron chi connectivity index (χ1n) is 8.24. The molecule has 0 fully saturated rings. The van der Waals surface area contributed by atoms with Gasteiger partial charge in [-0.2, -0.15) is 8.78 Å². The fourth-order valence-electron chi connectivity index (χ4n) is 2.82. The average Bonchev–Trinajstić information content (AvgIpc) is 3.08. The van der Waals surface area contributed by atoms with Gasteiger partial charge in [0.25, 0.3) is 0 Å². The summed E-state index contributed by atoms with van der Waals surface area (Å²) >= 11 is 3.32. The molecular formula is C19H17BrF2N2O4. The standard InChI is InChI=1S/C19H17BrF2N2O4/c1-10(17-23-12-6-4-5-7-13(12)24(17)19(21)22)28-18(25)11-8-14(26-2)16(20)15(9-11)27-3/h4-10,19H,1-3H3. The van der Waals surface area contributed by atoms with E-state index in [1.807, 2.05) is 0 Å². The largest absolute Gasteiger partial charge is 0.495 e. The number of carbonyl (C=O) groups excluding carboxylic acids is 1. The number of alkyl halides is 2. The van der Waals surface area contributed by atoms with Gasteiger partial charge in [0.05, 0.1) is 30.8 Å². The molecule has 0 bridgehead atoms. The topological polar surface area (TPSA) is 62.6 Å². The normalized spacial score (nSPS) is 12.2. The van der Waals surface area contributed by atoms with Gasteiger partial charge in [0.15, 0.2) is 11.9 Å². The lowest BCUT2D eigenvalue weighted by Crippen LogP contribution is -2.15. The smallest absolute Gasteiger partial charge is 0.339 e. The molecule has 3 rings (SSSR count). The van der Waals surface area contributed by atoms with Crippen LogP contribution in [0, 0.1) is 0 Å². The maximum absolute atomic E-state index is 13.6. The minimum Gasteiger partial charge on any atom is -0.495 e. The number of rotatable bonds is 6. The molecule has 0 aliphatic heterocycles. The Morgan fingerprint density at radius 2 is 1.75 bits per heavy atom. The zero-order valence-electron chi connectivity index (χ0n) is 15.3. The number of methoxy groups -OCH3 is 2. The molecule has 0 saturated heterocycles. The van der Waals surface area contributed by atoms with Crippen LogP contribution in [0.3, 0.4) is 0 Å². The molecule has 0 aliphatic rings. The number of aromatic nitrogens is 2. The minimum atomic E-state index is -2.82. The lowest BCUT2D eigenvalue weighted by Gasteiger charge is -2.16. The summed E-state index contributed by atoms with van der Waals surface area (Å²) in [5, 5.41) is 0. The van der Waals surface area contributed by atoms with Gasteiger partial charge in [-0.05, 0) is 47.1 Å². The molecule has 9 heteroatoms. The van der Waals surface area contributed by atoms with Crippen molar-refractivity contribution in [3.05, 3.63) is 52.3 Å². The van der Waals surface area contributed by atoms with Crippen molar-refractivity contribution in [3.8, 4) is 11.5 Å². The number of carbonyl (C=O) groups is 1. The van der Waals surface area contributed by atoms with Crippen molar-refractivity contribution in [3.63, 3.8) is 0 Å². The van der Waals surface area contributed by atoms with E-state index in [1.165, 1.54) is 39.3 Å². The minimum absolute atomic E-state index is 0.0411. The summed E-state index contributed by atoms with van der Waals surface area (Å²) in [7, 11) is 2.89. The van der Waals surface area contributed by atoms with Crippen molar-refractivity contribution in [2.75, 3.05) is 14.2 Å². The zero-order chi connectivity index (χ0) is 20.4. The van der Waals surface area contributed by atoms with Gasteiger partial charge in [-0.25, -0.2) is 9.78 Å². The van der Waals surface area contributed by atoms with E-state index in [0.717, 1.165) is 4.57 Å². The molecule has 1 atom stereocenters. The first-order chi connectivity index (χ1) is 13.4. The Bertz CT molecular complexity index is 997. The van der Waals surface area contributed by atoms with Crippen LogP contribution >= 0.6 is 15.9 Å². The second-order valence-electron chi connectivity index (χ2n) is 5.85. The molecule has 0 aliphatic carbocycles. The highest BCUT2D eigenvalue weighted by Gasteiger charge is 2.25. The second kappa shape index (κ2) is 8.14. The van der Waals surface area contributed by atoms with E-state index in [9.17, 15) is 13.6 Å². The number of nitrogens with zero attached hydrogens (tertiary/aromatic N) is 2. The Kier molecular flexibility index (Phi) is 5.83. The Morgan fingerprint density at radius 1 is 1.14 bits per heavy atom. The molecule has 0 amide bonds. The molecule has 0 N–H and O–H groups in total. The molecule has 3 aromatic rings. The summed E-state index contributed by atoms with van der Waals surface area (Å²) in [4.78, 5) is 16.8. The summed E-state index contributed by atoms with van der Waals surface area (Å²) < 4.78 is 44.3. The number of hydrogen-bond donors (Lipinski definition) is 0. The number of esters is 1.